The van der Waals surface area contributed by atoms with E-state index in [0.29, 0.717) is 18.3 Å². The van der Waals surface area contributed by atoms with E-state index in [4.69, 9.17) is 0 Å². The molecule has 1 aliphatic rings. The van der Waals surface area contributed by atoms with E-state index in [9.17, 15) is 18.8 Å². The molecule has 1 fully saturated rings. The molecule has 0 spiro atoms. The predicted molar refractivity (Wildman–Crippen MR) is 108 cm³/mol. The van der Waals surface area contributed by atoms with Crippen LogP contribution in [0.2, 0.25) is 0 Å². The Hall–Kier alpha value is -3.00. The SMILES string of the molecule is CN1CCCCC1CNC(=O)Cn1cc(C(=O)Nc2ccc(F)cc2)ccc1=O. The number of rotatable bonds is 6. The van der Waals surface area contributed by atoms with Crippen LogP contribution in [0.4, 0.5) is 10.1 Å². The zero-order chi connectivity index (χ0) is 20.8. The lowest BCUT2D eigenvalue weighted by atomic mass is 10.0. The van der Waals surface area contributed by atoms with Crippen molar-refractivity contribution >= 4 is 17.5 Å². The highest BCUT2D eigenvalue weighted by Crippen LogP contribution is 2.14. The molecular weight excluding hydrogens is 375 g/mol. The Morgan fingerprint density at radius 1 is 1.14 bits per heavy atom. The van der Waals surface area contributed by atoms with Gasteiger partial charge in [0, 0.05) is 30.5 Å². The number of pyridine rings is 1. The average Bonchev–Trinajstić information content (AvgIpc) is 2.70. The van der Waals surface area contributed by atoms with Gasteiger partial charge in [0.05, 0.1) is 5.56 Å². The Morgan fingerprint density at radius 3 is 2.62 bits per heavy atom. The molecule has 2 aromatic rings. The van der Waals surface area contributed by atoms with Gasteiger partial charge in [0.1, 0.15) is 12.4 Å². The highest BCUT2D eigenvalue weighted by molar-refractivity contribution is 6.04. The van der Waals surface area contributed by atoms with E-state index in [2.05, 4.69) is 15.5 Å². The van der Waals surface area contributed by atoms with Crippen LogP contribution in [0.1, 0.15) is 29.6 Å². The standard InChI is InChI=1S/C21H25FN4O3/c1-25-11-3-2-4-18(25)12-23-19(27)14-26-13-15(5-10-20(26)28)21(29)24-17-8-6-16(22)7-9-17/h5-10,13,18H,2-4,11-12,14H2,1H3,(H,23,27)(H,24,29). The molecule has 2 amide bonds. The molecule has 1 aliphatic heterocycles. The van der Waals surface area contributed by atoms with Crippen molar-refractivity contribution in [2.45, 2.75) is 31.8 Å². The summed E-state index contributed by atoms with van der Waals surface area (Å²) in [6.07, 6.45) is 4.71. The fourth-order valence-corrected chi connectivity index (χ4v) is 3.37. The lowest BCUT2D eigenvalue weighted by Gasteiger charge is -2.32. The maximum atomic E-state index is 13.0. The number of benzene rings is 1. The van der Waals surface area contributed by atoms with E-state index < -0.39 is 11.7 Å². The van der Waals surface area contributed by atoms with Gasteiger partial charge in [-0.15, -0.1) is 0 Å². The normalized spacial score (nSPS) is 17.0. The van der Waals surface area contributed by atoms with Crippen LogP contribution in [0.15, 0.2) is 47.4 Å². The molecule has 3 rings (SSSR count). The summed E-state index contributed by atoms with van der Waals surface area (Å²) in [7, 11) is 2.05. The largest absolute Gasteiger partial charge is 0.353 e. The minimum atomic E-state index is -0.449. The van der Waals surface area contributed by atoms with Crippen LogP contribution in [0.5, 0.6) is 0 Å². The molecule has 2 heterocycles. The Bertz CT molecular complexity index is 926. The van der Waals surface area contributed by atoms with Gasteiger partial charge in [-0.25, -0.2) is 4.39 Å². The topological polar surface area (TPSA) is 83.4 Å². The zero-order valence-corrected chi connectivity index (χ0v) is 16.4. The summed E-state index contributed by atoms with van der Waals surface area (Å²) in [5.41, 5.74) is 0.297. The first-order valence-corrected chi connectivity index (χ1v) is 9.67. The molecule has 1 aromatic carbocycles. The Morgan fingerprint density at radius 2 is 1.90 bits per heavy atom. The van der Waals surface area contributed by atoms with Crippen LogP contribution < -0.4 is 16.2 Å². The smallest absolute Gasteiger partial charge is 0.257 e. The summed E-state index contributed by atoms with van der Waals surface area (Å²) in [4.78, 5) is 39.0. The fourth-order valence-electron chi connectivity index (χ4n) is 3.37. The van der Waals surface area contributed by atoms with Crippen molar-refractivity contribution < 1.29 is 14.0 Å². The second-order valence-electron chi connectivity index (χ2n) is 7.28. The second-order valence-corrected chi connectivity index (χ2v) is 7.28. The lowest BCUT2D eigenvalue weighted by Crippen LogP contribution is -2.45. The number of amides is 2. The molecule has 1 saturated heterocycles. The number of likely N-dealkylation sites (N-methyl/N-ethyl adjacent to an activating group) is 1. The van der Waals surface area contributed by atoms with Crippen LogP contribution in [-0.4, -0.2) is 47.5 Å². The predicted octanol–water partition coefficient (Wildman–Crippen LogP) is 1.84. The highest BCUT2D eigenvalue weighted by Gasteiger charge is 2.19. The number of nitrogens with one attached hydrogen (secondary N) is 2. The molecule has 1 unspecified atom stereocenters. The Balaban J connectivity index is 1.60. The second kappa shape index (κ2) is 9.47. The van der Waals surface area contributed by atoms with Crippen molar-refractivity contribution in [1.29, 1.82) is 0 Å². The first-order valence-electron chi connectivity index (χ1n) is 9.67. The summed E-state index contributed by atoms with van der Waals surface area (Å²) >= 11 is 0. The minimum Gasteiger partial charge on any atom is -0.353 e. The van der Waals surface area contributed by atoms with Gasteiger partial charge in [0.25, 0.3) is 11.5 Å². The van der Waals surface area contributed by atoms with Crippen molar-refractivity contribution in [3.05, 3.63) is 64.3 Å². The summed E-state index contributed by atoms with van der Waals surface area (Å²) < 4.78 is 14.2. The van der Waals surface area contributed by atoms with Crippen molar-refractivity contribution in [3.8, 4) is 0 Å². The van der Waals surface area contributed by atoms with Crippen LogP contribution in [0, 0.1) is 5.82 Å². The van der Waals surface area contributed by atoms with E-state index in [-0.39, 0.29) is 23.6 Å². The number of aromatic nitrogens is 1. The number of hydrogen-bond acceptors (Lipinski definition) is 4. The first kappa shape index (κ1) is 20.7. The van der Waals surface area contributed by atoms with Gasteiger partial charge in [0.15, 0.2) is 0 Å². The number of likely N-dealkylation sites (tertiary alicyclic amines) is 1. The summed E-state index contributed by atoms with van der Waals surface area (Å²) in [6, 6.07) is 8.32. The zero-order valence-electron chi connectivity index (χ0n) is 16.4. The number of anilines is 1. The lowest BCUT2D eigenvalue weighted by molar-refractivity contribution is -0.122. The van der Waals surface area contributed by atoms with Gasteiger partial charge in [0.2, 0.25) is 5.91 Å². The van der Waals surface area contributed by atoms with E-state index in [1.54, 1.807) is 0 Å². The van der Waals surface area contributed by atoms with E-state index in [1.165, 1.54) is 53.6 Å². The van der Waals surface area contributed by atoms with Gasteiger partial charge in [-0.3, -0.25) is 14.4 Å². The average molecular weight is 400 g/mol. The third-order valence-corrected chi connectivity index (χ3v) is 5.12. The molecular formula is C21H25FN4O3. The molecule has 154 valence electrons. The van der Waals surface area contributed by atoms with E-state index in [1.807, 2.05) is 7.05 Å². The van der Waals surface area contributed by atoms with Crippen molar-refractivity contribution in [2.24, 2.45) is 0 Å². The van der Waals surface area contributed by atoms with E-state index >= 15 is 0 Å². The maximum Gasteiger partial charge on any atom is 0.257 e. The first-order chi connectivity index (χ1) is 13.9. The summed E-state index contributed by atoms with van der Waals surface area (Å²) in [5, 5.41) is 5.51. The van der Waals surface area contributed by atoms with Crippen LogP contribution in [0.25, 0.3) is 0 Å². The van der Waals surface area contributed by atoms with Crippen molar-refractivity contribution in [3.63, 3.8) is 0 Å². The minimum absolute atomic E-state index is 0.160. The van der Waals surface area contributed by atoms with Gasteiger partial charge in [-0.1, -0.05) is 6.42 Å². The Labute approximate surface area is 168 Å². The van der Waals surface area contributed by atoms with Gasteiger partial charge in [-0.05, 0) is 56.8 Å². The monoisotopic (exact) mass is 400 g/mol. The highest BCUT2D eigenvalue weighted by atomic mass is 19.1. The van der Waals surface area contributed by atoms with Gasteiger partial charge >= 0.3 is 0 Å². The number of hydrogen-bond donors (Lipinski definition) is 2. The molecule has 7 nitrogen and oxygen atoms in total. The molecule has 0 bridgehead atoms. The summed E-state index contributed by atoms with van der Waals surface area (Å²) in [6.45, 7) is 1.40. The molecule has 0 saturated carbocycles. The third-order valence-electron chi connectivity index (χ3n) is 5.12. The van der Waals surface area contributed by atoms with Gasteiger partial charge in [-0.2, -0.15) is 0 Å². The molecule has 1 atom stereocenters. The molecule has 8 heteroatoms. The van der Waals surface area contributed by atoms with Crippen LogP contribution >= 0.6 is 0 Å². The molecule has 29 heavy (non-hydrogen) atoms. The van der Waals surface area contributed by atoms with Crippen molar-refractivity contribution in [1.82, 2.24) is 14.8 Å². The summed E-state index contributed by atoms with van der Waals surface area (Å²) in [5.74, 6) is -1.13. The van der Waals surface area contributed by atoms with Crippen molar-refractivity contribution in [2.75, 3.05) is 25.5 Å². The molecule has 0 radical (unpaired) electrons. The quantitative estimate of drug-likeness (QED) is 0.775. The number of piperidine rings is 1. The van der Waals surface area contributed by atoms with Crippen LogP contribution in [0.3, 0.4) is 0 Å². The van der Waals surface area contributed by atoms with Crippen LogP contribution in [-0.2, 0) is 11.3 Å². The fraction of sp³-hybridized carbons (Fsp3) is 0.381. The Kier molecular flexibility index (Phi) is 6.77. The number of carbonyl (C=O) groups is 2. The number of carbonyl (C=O) groups excluding carboxylic acids is 2. The molecule has 1 aromatic heterocycles. The van der Waals surface area contributed by atoms with Gasteiger partial charge < -0.3 is 20.1 Å². The number of halogens is 1. The maximum absolute atomic E-state index is 13.0. The third kappa shape index (κ3) is 5.74. The molecule has 2 N–H and O–H groups in total. The molecule has 0 aliphatic carbocycles. The van der Waals surface area contributed by atoms with E-state index in [0.717, 1.165) is 19.4 Å². The number of nitrogens with zero attached hydrogens (tertiary/aromatic N) is 2.